The molecule has 92 valence electrons. The van der Waals surface area contributed by atoms with Gasteiger partial charge in [0.2, 0.25) is 0 Å². The van der Waals surface area contributed by atoms with E-state index in [4.69, 9.17) is 4.52 Å². The molecule has 0 saturated carbocycles. The summed E-state index contributed by atoms with van der Waals surface area (Å²) in [6.07, 6.45) is 0. The van der Waals surface area contributed by atoms with Crippen LogP contribution in [-0.4, -0.2) is 9.53 Å². The lowest BCUT2D eigenvalue weighted by Crippen LogP contribution is -1.96. The first kappa shape index (κ1) is 11.9. The number of fused-ring (bicyclic) bond motifs is 1. The largest absolute Gasteiger partial charge is 0.361 e. The van der Waals surface area contributed by atoms with E-state index >= 15 is 0 Å². The van der Waals surface area contributed by atoms with E-state index in [0.717, 1.165) is 33.0 Å². The highest BCUT2D eigenvalue weighted by Gasteiger charge is 2.13. The average Bonchev–Trinajstić information content (AvgIpc) is 2.82. The second-order valence-electron chi connectivity index (χ2n) is 4.01. The van der Waals surface area contributed by atoms with Gasteiger partial charge in [-0.25, -0.2) is 4.99 Å². The van der Waals surface area contributed by atoms with Crippen LogP contribution in [0.4, 0.5) is 5.69 Å². The highest BCUT2D eigenvalue weighted by Crippen LogP contribution is 2.35. The van der Waals surface area contributed by atoms with E-state index in [1.54, 1.807) is 23.5 Å². The topological polar surface area (TPSA) is 38.4 Å². The molecule has 0 spiro atoms. The fourth-order valence-corrected chi connectivity index (χ4v) is 3.65. The average molecular weight is 276 g/mol. The van der Waals surface area contributed by atoms with Gasteiger partial charge in [0.1, 0.15) is 10.1 Å². The third kappa shape index (κ3) is 2.62. The van der Waals surface area contributed by atoms with Crippen LogP contribution in [0.25, 0.3) is 0 Å². The Morgan fingerprint density at radius 3 is 3.11 bits per heavy atom. The summed E-state index contributed by atoms with van der Waals surface area (Å²) in [5, 5.41) is 3.98. The SMILES string of the molecule is Cc1cc(CSC2=Nc3ccccc3CS2)no1. The fraction of sp³-hybridized carbons (Fsp3) is 0.231. The number of hydrogen-bond acceptors (Lipinski definition) is 5. The normalized spacial score (nSPS) is 14.2. The van der Waals surface area contributed by atoms with Crippen LogP contribution in [0.5, 0.6) is 0 Å². The number of hydrogen-bond donors (Lipinski definition) is 0. The molecular formula is C13H12N2OS2. The third-order valence-corrected chi connectivity index (χ3v) is 4.85. The highest BCUT2D eigenvalue weighted by atomic mass is 32.2. The zero-order valence-corrected chi connectivity index (χ0v) is 11.6. The van der Waals surface area contributed by atoms with Gasteiger partial charge in [-0.15, -0.1) is 0 Å². The molecule has 0 bridgehead atoms. The lowest BCUT2D eigenvalue weighted by Gasteiger charge is -2.13. The predicted octanol–water partition coefficient (Wildman–Crippen LogP) is 4.15. The summed E-state index contributed by atoms with van der Waals surface area (Å²) in [4.78, 5) is 4.65. The zero-order valence-electron chi connectivity index (χ0n) is 9.92. The second kappa shape index (κ2) is 5.20. The van der Waals surface area contributed by atoms with Gasteiger partial charge in [-0.2, -0.15) is 0 Å². The quantitative estimate of drug-likeness (QED) is 0.826. The van der Waals surface area contributed by atoms with Crippen molar-refractivity contribution in [2.24, 2.45) is 4.99 Å². The van der Waals surface area contributed by atoms with Crippen molar-refractivity contribution in [3.63, 3.8) is 0 Å². The zero-order chi connectivity index (χ0) is 12.4. The van der Waals surface area contributed by atoms with Crippen LogP contribution < -0.4 is 0 Å². The summed E-state index contributed by atoms with van der Waals surface area (Å²) in [6, 6.07) is 10.3. The van der Waals surface area contributed by atoms with E-state index in [2.05, 4.69) is 28.3 Å². The monoisotopic (exact) mass is 276 g/mol. The summed E-state index contributed by atoms with van der Waals surface area (Å²) in [7, 11) is 0. The minimum atomic E-state index is 0.811. The molecule has 2 heterocycles. The molecule has 2 aromatic rings. The van der Waals surface area contributed by atoms with Crippen LogP contribution in [0.2, 0.25) is 0 Å². The predicted molar refractivity (Wildman–Crippen MR) is 77.4 cm³/mol. The number of thioether (sulfide) groups is 2. The van der Waals surface area contributed by atoms with Gasteiger partial charge in [-0.05, 0) is 18.6 Å². The number of para-hydroxylation sites is 1. The van der Waals surface area contributed by atoms with Crippen molar-refractivity contribution in [2.45, 2.75) is 18.4 Å². The minimum Gasteiger partial charge on any atom is -0.361 e. The van der Waals surface area contributed by atoms with Crippen molar-refractivity contribution in [2.75, 3.05) is 0 Å². The third-order valence-electron chi connectivity index (χ3n) is 2.57. The maximum Gasteiger partial charge on any atom is 0.133 e. The number of aryl methyl sites for hydroxylation is 1. The molecule has 0 unspecified atom stereocenters. The molecule has 0 fully saturated rings. The first-order chi connectivity index (χ1) is 8.81. The summed E-state index contributed by atoms with van der Waals surface area (Å²) in [6.45, 7) is 1.91. The fourth-order valence-electron chi connectivity index (χ4n) is 1.71. The van der Waals surface area contributed by atoms with Gasteiger partial charge in [0.25, 0.3) is 0 Å². The highest BCUT2D eigenvalue weighted by molar-refractivity contribution is 8.38. The number of rotatable bonds is 2. The van der Waals surface area contributed by atoms with Gasteiger partial charge in [-0.1, -0.05) is 46.9 Å². The molecule has 0 atom stereocenters. The lowest BCUT2D eigenvalue weighted by molar-refractivity contribution is 0.393. The van der Waals surface area contributed by atoms with Crippen molar-refractivity contribution in [1.82, 2.24) is 5.16 Å². The van der Waals surface area contributed by atoms with E-state index in [-0.39, 0.29) is 0 Å². The summed E-state index contributed by atoms with van der Waals surface area (Å²) in [5.74, 6) is 2.67. The molecule has 0 saturated heterocycles. The Bertz CT molecular complexity index is 592. The molecule has 1 aromatic carbocycles. The maximum atomic E-state index is 5.05. The van der Waals surface area contributed by atoms with Crippen LogP contribution in [0, 0.1) is 6.92 Å². The van der Waals surface area contributed by atoms with E-state index in [0.29, 0.717) is 0 Å². The Labute approximate surface area is 114 Å². The Balaban J connectivity index is 1.70. The number of nitrogens with zero attached hydrogens (tertiary/aromatic N) is 2. The first-order valence-corrected chi connectivity index (χ1v) is 7.63. The second-order valence-corrected chi connectivity index (χ2v) is 6.20. The summed E-state index contributed by atoms with van der Waals surface area (Å²) < 4.78 is 6.16. The van der Waals surface area contributed by atoms with Crippen LogP contribution in [0.3, 0.4) is 0 Å². The Morgan fingerprint density at radius 1 is 1.39 bits per heavy atom. The van der Waals surface area contributed by atoms with Crippen molar-refractivity contribution in [3.8, 4) is 0 Å². The van der Waals surface area contributed by atoms with Gasteiger partial charge in [0.15, 0.2) is 0 Å². The molecule has 3 nitrogen and oxygen atoms in total. The molecule has 5 heteroatoms. The molecule has 0 aliphatic carbocycles. The molecular weight excluding hydrogens is 264 g/mol. The van der Waals surface area contributed by atoms with E-state index in [9.17, 15) is 0 Å². The molecule has 0 amide bonds. The van der Waals surface area contributed by atoms with Crippen LogP contribution >= 0.6 is 23.5 Å². The van der Waals surface area contributed by atoms with Gasteiger partial charge < -0.3 is 4.52 Å². The number of aromatic nitrogens is 1. The molecule has 0 radical (unpaired) electrons. The van der Waals surface area contributed by atoms with Gasteiger partial charge in [-0.3, -0.25) is 0 Å². The van der Waals surface area contributed by atoms with Gasteiger partial charge >= 0.3 is 0 Å². The van der Waals surface area contributed by atoms with Crippen molar-refractivity contribution >= 4 is 33.6 Å². The molecule has 1 aliphatic heterocycles. The van der Waals surface area contributed by atoms with Crippen molar-refractivity contribution in [3.05, 3.63) is 47.3 Å². The lowest BCUT2D eigenvalue weighted by atomic mass is 10.2. The van der Waals surface area contributed by atoms with E-state index in [1.807, 2.05) is 19.1 Å². The smallest absolute Gasteiger partial charge is 0.133 e. The van der Waals surface area contributed by atoms with Crippen molar-refractivity contribution in [1.29, 1.82) is 0 Å². The minimum absolute atomic E-state index is 0.811. The Kier molecular flexibility index (Phi) is 3.43. The summed E-state index contributed by atoms with van der Waals surface area (Å²) >= 11 is 3.50. The molecule has 1 aromatic heterocycles. The Hall–Kier alpha value is -1.20. The van der Waals surface area contributed by atoms with Crippen LogP contribution in [-0.2, 0) is 11.5 Å². The van der Waals surface area contributed by atoms with Gasteiger partial charge in [0, 0.05) is 17.6 Å². The standard InChI is InChI=1S/C13H12N2OS2/c1-9-6-11(15-16-9)8-18-13-14-12-5-3-2-4-10(12)7-17-13/h2-6H,7-8H2,1H3. The number of benzene rings is 1. The van der Waals surface area contributed by atoms with E-state index in [1.165, 1.54) is 5.56 Å². The number of aliphatic imine (C=N–C) groups is 1. The van der Waals surface area contributed by atoms with Crippen LogP contribution in [0.1, 0.15) is 17.0 Å². The summed E-state index contributed by atoms with van der Waals surface area (Å²) in [5.41, 5.74) is 3.37. The molecule has 1 aliphatic rings. The van der Waals surface area contributed by atoms with E-state index < -0.39 is 0 Å². The first-order valence-electron chi connectivity index (χ1n) is 5.65. The molecule has 18 heavy (non-hydrogen) atoms. The molecule has 0 N–H and O–H groups in total. The Morgan fingerprint density at radius 2 is 2.28 bits per heavy atom. The van der Waals surface area contributed by atoms with Crippen molar-refractivity contribution < 1.29 is 4.52 Å². The van der Waals surface area contributed by atoms with Gasteiger partial charge in [0.05, 0.1) is 11.4 Å². The molecule has 3 rings (SSSR count). The maximum absolute atomic E-state index is 5.05. The van der Waals surface area contributed by atoms with Crippen LogP contribution in [0.15, 0.2) is 39.8 Å².